The van der Waals surface area contributed by atoms with E-state index in [2.05, 4.69) is 62.9 Å². The molecule has 2 aliphatic heterocycles. The first-order chi connectivity index (χ1) is 16.7. The molecule has 4 aromatic rings. The summed E-state index contributed by atoms with van der Waals surface area (Å²) in [5, 5.41) is 0. The van der Waals surface area contributed by atoms with E-state index in [1.807, 2.05) is 12.4 Å². The van der Waals surface area contributed by atoms with E-state index < -0.39 is 0 Å². The second-order valence-corrected chi connectivity index (χ2v) is 11.0. The standard InChI is InChI=1S/C27H27N5OS/c1-18-5-11-32-24(18)23(34-22-4-10-29-25-20(22)6-14-33-25)17-30-26(32)31-12-7-27(8-13-31)15-19-3-2-9-28-21(19)16-27/h2-5,9-11,17H,6-8,12-16H2,1H3. The molecular weight excluding hydrogens is 442 g/mol. The van der Waals surface area contributed by atoms with Gasteiger partial charge >= 0.3 is 0 Å². The highest BCUT2D eigenvalue weighted by Crippen LogP contribution is 2.45. The maximum absolute atomic E-state index is 5.68. The van der Waals surface area contributed by atoms with Crippen LogP contribution < -0.4 is 9.64 Å². The van der Waals surface area contributed by atoms with Crippen molar-refractivity contribution in [1.82, 2.24) is 19.4 Å². The molecule has 0 atom stereocenters. The Kier molecular flexibility index (Phi) is 4.62. The molecule has 0 amide bonds. The number of hydrogen-bond donors (Lipinski definition) is 0. The zero-order valence-electron chi connectivity index (χ0n) is 19.3. The molecule has 6 nitrogen and oxygen atoms in total. The fourth-order valence-corrected chi connectivity index (χ4v) is 7.12. The molecule has 0 aromatic carbocycles. The van der Waals surface area contributed by atoms with Gasteiger partial charge in [-0.15, -0.1) is 0 Å². The fourth-order valence-electron chi connectivity index (χ4n) is 5.98. The monoisotopic (exact) mass is 469 g/mol. The van der Waals surface area contributed by atoms with Crippen LogP contribution in [0, 0.1) is 12.3 Å². The van der Waals surface area contributed by atoms with E-state index in [-0.39, 0.29) is 0 Å². The minimum atomic E-state index is 0.374. The van der Waals surface area contributed by atoms with Crippen molar-refractivity contribution in [3.63, 3.8) is 0 Å². The van der Waals surface area contributed by atoms with Crippen LogP contribution in [0.3, 0.4) is 0 Å². The van der Waals surface area contributed by atoms with Crippen LogP contribution in [-0.4, -0.2) is 39.0 Å². The van der Waals surface area contributed by atoms with E-state index in [0.717, 1.165) is 37.8 Å². The normalized spacial score (nSPS) is 18.3. The van der Waals surface area contributed by atoms with Crippen molar-refractivity contribution in [2.45, 2.75) is 48.8 Å². The Morgan fingerprint density at radius 1 is 1.00 bits per heavy atom. The van der Waals surface area contributed by atoms with Gasteiger partial charge in [0.15, 0.2) is 0 Å². The summed E-state index contributed by atoms with van der Waals surface area (Å²) in [5.41, 5.74) is 6.88. The van der Waals surface area contributed by atoms with E-state index in [4.69, 9.17) is 9.72 Å². The van der Waals surface area contributed by atoms with Gasteiger partial charge in [-0.25, -0.2) is 9.97 Å². The number of nitrogens with zero attached hydrogens (tertiary/aromatic N) is 5. The first-order valence-corrected chi connectivity index (χ1v) is 12.9. The molecule has 4 aromatic heterocycles. The van der Waals surface area contributed by atoms with Gasteiger partial charge in [0, 0.05) is 60.5 Å². The Balaban J connectivity index is 1.17. The average Bonchev–Trinajstić information content (AvgIpc) is 3.57. The number of hydrogen-bond acceptors (Lipinski definition) is 6. The van der Waals surface area contributed by atoms with Crippen molar-refractivity contribution in [2.75, 3.05) is 24.6 Å². The number of fused-ring (bicyclic) bond motifs is 3. The minimum Gasteiger partial charge on any atom is -0.477 e. The predicted octanol–water partition coefficient (Wildman–Crippen LogP) is 4.90. The first-order valence-electron chi connectivity index (χ1n) is 12.1. The molecule has 7 heteroatoms. The Labute approximate surface area is 203 Å². The highest BCUT2D eigenvalue weighted by molar-refractivity contribution is 7.99. The molecule has 0 radical (unpaired) electrons. The summed E-state index contributed by atoms with van der Waals surface area (Å²) in [6, 6.07) is 8.64. The number of anilines is 1. The number of aromatic nitrogens is 4. The van der Waals surface area contributed by atoms with Gasteiger partial charge in [0.1, 0.15) is 0 Å². The van der Waals surface area contributed by atoms with E-state index in [9.17, 15) is 0 Å². The molecule has 0 saturated carbocycles. The van der Waals surface area contributed by atoms with Crippen LogP contribution in [0.5, 0.6) is 5.88 Å². The molecule has 0 N–H and O–H groups in total. The van der Waals surface area contributed by atoms with Gasteiger partial charge < -0.3 is 9.64 Å². The van der Waals surface area contributed by atoms with E-state index in [1.54, 1.807) is 11.8 Å². The third-order valence-corrected chi connectivity index (χ3v) is 8.94. The Hall–Kier alpha value is -3.06. The lowest BCUT2D eigenvalue weighted by Gasteiger charge is -2.39. The van der Waals surface area contributed by atoms with Crippen LogP contribution >= 0.6 is 11.8 Å². The molecule has 7 rings (SSSR count). The Morgan fingerprint density at radius 2 is 1.91 bits per heavy atom. The van der Waals surface area contributed by atoms with Crippen molar-refractivity contribution in [3.8, 4) is 5.88 Å². The maximum Gasteiger partial charge on any atom is 0.217 e. The summed E-state index contributed by atoms with van der Waals surface area (Å²) in [4.78, 5) is 18.9. The van der Waals surface area contributed by atoms with Crippen molar-refractivity contribution in [1.29, 1.82) is 0 Å². The van der Waals surface area contributed by atoms with Crippen LogP contribution in [0.2, 0.25) is 0 Å². The van der Waals surface area contributed by atoms with Crippen molar-refractivity contribution < 1.29 is 4.74 Å². The number of rotatable bonds is 3. The Morgan fingerprint density at radius 3 is 2.79 bits per heavy atom. The van der Waals surface area contributed by atoms with E-state index in [0.29, 0.717) is 12.0 Å². The molecule has 0 unspecified atom stereocenters. The summed E-state index contributed by atoms with van der Waals surface area (Å²) >= 11 is 1.78. The second kappa shape index (κ2) is 7.73. The molecule has 1 spiro atoms. The van der Waals surface area contributed by atoms with Crippen molar-refractivity contribution in [3.05, 3.63) is 71.4 Å². The quantitative estimate of drug-likeness (QED) is 0.425. The number of pyridine rings is 2. The van der Waals surface area contributed by atoms with Crippen LogP contribution in [0.25, 0.3) is 5.52 Å². The lowest BCUT2D eigenvalue weighted by molar-refractivity contribution is 0.230. The smallest absolute Gasteiger partial charge is 0.217 e. The van der Waals surface area contributed by atoms with E-state index in [1.165, 1.54) is 57.0 Å². The van der Waals surface area contributed by atoms with Crippen LogP contribution in [-0.2, 0) is 19.3 Å². The summed E-state index contributed by atoms with van der Waals surface area (Å²) in [5.74, 6) is 1.84. The second-order valence-electron chi connectivity index (χ2n) is 9.88. The molecule has 172 valence electrons. The zero-order chi connectivity index (χ0) is 22.7. The SMILES string of the molecule is Cc1ccn2c(N3CCC4(CC3)Cc3cccnc3C4)ncc(Sc3ccnc4c3CCO4)c12. The van der Waals surface area contributed by atoms with Crippen molar-refractivity contribution in [2.24, 2.45) is 5.41 Å². The number of aryl methyl sites for hydroxylation is 1. The molecule has 1 fully saturated rings. The largest absolute Gasteiger partial charge is 0.477 e. The van der Waals surface area contributed by atoms with Gasteiger partial charge in [-0.3, -0.25) is 9.38 Å². The highest BCUT2D eigenvalue weighted by atomic mass is 32.2. The van der Waals surface area contributed by atoms with Crippen LogP contribution in [0.1, 0.15) is 35.2 Å². The van der Waals surface area contributed by atoms with Gasteiger partial charge in [-0.05, 0) is 67.3 Å². The first kappa shape index (κ1) is 20.3. The molecule has 6 heterocycles. The van der Waals surface area contributed by atoms with Gasteiger partial charge in [0.05, 0.1) is 17.0 Å². The summed E-state index contributed by atoms with van der Waals surface area (Å²) in [6.07, 6.45) is 13.6. The molecule has 0 bridgehead atoms. The summed E-state index contributed by atoms with van der Waals surface area (Å²) in [6.45, 7) is 4.98. The maximum atomic E-state index is 5.68. The van der Waals surface area contributed by atoms with Gasteiger partial charge in [0.25, 0.3) is 0 Å². The van der Waals surface area contributed by atoms with Gasteiger partial charge in [0.2, 0.25) is 11.8 Å². The molecule has 1 saturated heterocycles. The molecular formula is C27H27N5OS. The topological polar surface area (TPSA) is 55.5 Å². The fraction of sp³-hybridized carbons (Fsp3) is 0.370. The molecule has 1 aliphatic carbocycles. The van der Waals surface area contributed by atoms with Crippen LogP contribution in [0.4, 0.5) is 5.95 Å². The lowest BCUT2D eigenvalue weighted by atomic mass is 9.76. The summed E-state index contributed by atoms with van der Waals surface area (Å²) in [7, 11) is 0. The third-order valence-electron chi connectivity index (χ3n) is 7.82. The molecule has 34 heavy (non-hydrogen) atoms. The predicted molar refractivity (Wildman–Crippen MR) is 133 cm³/mol. The molecule has 3 aliphatic rings. The number of piperidine rings is 1. The van der Waals surface area contributed by atoms with Crippen molar-refractivity contribution >= 4 is 23.2 Å². The third kappa shape index (κ3) is 3.21. The van der Waals surface area contributed by atoms with Gasteiger partial charge in [-0.1, -0.05) is 17.8 Å². The Bertz CT molecular complexity index is 1380. The highest BCUT2D eigenvalue weighted by Gasteiger charge is 2.41. The minimum absolute atomic E-state index is 0.374. The number of ether oxygens (including phenoxy) is 1. The lowest BCUT2D eigenvalue weighted by Crippen LogP contribution is -2.41. The average molecular weight is 470 g/mol. The summed E-state index contributed by atoms with van der Waals surface area (Å²) < 4.78 is 7.97. The van der Waals surface area contributed by atoms with Crippen LogP contribution in [0.15, 0.2) is 58.8 Å². The zero-order valence-corrected chi connectivity index (χ0v) is 20.1. The van der Waals surface area contributed by atoms with Gasteiger partial charge in [-0.2, -0.15) is 0 Å². The van der Waals surface area contributed by atoms with E-state index >= 15 is 0 Å².